The SMILES string of the molecule is COC1(c2cc(F)cc(OCc3ccc(CNC(=O)N(C)C)cc3)c2)CCOCC1. The monoisotopic (exact) mass is 416 g/mol. The molecule has 1 fully saturated rings. The maximum atomic E-state index is 14.3. The molecule has 2 amide bonds. The lowest BCUT2D eigenvalue weighted by molar-refractivity contribution is -0.0950. The molecular weight excluding hydrogens is 387 g/mol. The van der Waals surface area contributed by atoms with E-state index in [1.165, 1.54) is 17.0 Å². The third-order valence-corrected chi connectivity index (χ3v) is 5.37. The van der Waals surface area contributed by atoms with Crippen molar-refractivity contribution < 1.29 is 23.4 Å². The number of benzene rings is 2. The van der Waals surface area contributed by atoms with Gasteiger partial charge in [0.25, 0.3) is 0 Å². The molecule has 1 heterocycles. The molecule has 2 aromatic rings. The first-order valence-electron chi connectivity index (χ1n) is 10.0. The number of rotatable bonds is 7. The molecule has 1 N–H and O–H groups in total. The van der Waals surface area contributed by atoms with Gasteiger partial charge in [-0.15, -0.1) is 0 Å². The highest BCUT2D eigenvalue weighted by atomic mass is 19.1. The summed E-state index contributed by atoms with van der Waals surface area (Å²) < 4.78 is 31.3. The van der Waals surface area contributed by atoms with Crippen LogP contribution in [0.2, 0.25) is 0 Å². The molecule has 1 aliphatic rings. The maximum absolute atomic E-state index is 14.3. The summed E-state index contributed by atoms with van der Waals surface area (Å²) in [6.45, 7) is 1.94. The summed E-state index contributed by atoms with van der Waals surface area (Å²) in [6.07, 6.45) is 1.36. The molecule has 1 aliphatic heterocycles. The van der Waals surface area contributed by atoms with Gasteiger partial charge in [-0.3, -0.25) is 0 Å². The molecule has 0 unspecified atom stereocenters. The number of halogens is 1. The Morgan fingerprint density at radius 1 is 1.13 bits per heavy atom. The van der Waals surface area contributed by atoms with E-state index in [0.717, 1.165) is 16.7 Å². The van der Waals surface area contributed by atoms with Gasteiger partial charge in [0, 0.05) is 59.9 Å². The number of nitrogens with zero attached hydrogens (tertiary/aromatic N) is 1. The average Bonchev–Trinajstić information content (AvgIpc) is 2.76. The Morgan fingerprint density at radius 2 is 1.80 bits per heavy atom. The van der Waals surface area contributed by atoms with E-state index in [1.54, 1.807) is 21.2 Å². The minimum atomic E-state index is -0.545. The number of nitrogens with one attached hydrogen (secondary N) is 1. The van der Waals surface area contributed by atoms with Gasteiger partial charge in [-0.1, -0.05) is 24.3 Å². The third kappa shape index (κ3) is 5.49. The maximum Gasteiger partial charge on any atom is 0.317 e. The number of ether oxygens (including phenoxy) is 3. The molecule has 0 radical (unpaired) electrons. The van der Waals surface area contributed by atoms with Crippen LogP contribution in [0.3, 0.4) is 0 Å². The van der Waals surface area contributed by atoms with Gasteiger partial charge in [0.05, 0.1) is 5.60 Å². The van der Waals surface area contributed by atoms with Gasteiger partial charge in [0.2, 0.25) is 0 Å². The van der Waals surface area contributed by atoms with Crippen molar-refractivity contribution in [2.45, 2.75) is 31.6 Å². The largest absolute Gasteiger partial charge is 0.489 e. The van der Waals surface area contributed by atoms with Crippen LogP contribution in [0.25, 0.3) is 0 Å². The Kier molecular flexibility index (Phi) is 7.29. The van der Waals surface area contributed by atoms with Crippen LogP contribution in [0.5, 0.6) is 5.75 Å². The van der Waals surface area contributed by atoms with Crippen molar-refractivity contribution in [3.05, 3.63) is 65.0 Å². The van der Waals surface area contributed by atoms with Crippen molar-refractivity contribution in [2.24, 2.45) is 0 Å². The number of urea groups is 1. The molecule has 1 saturated heterocycles. The molecule has 7 heteroatoms. The molecular formula is C23H29FN2O4. The minimum absolute atomic E-state index is 0.136. The smallest absolute Gasteiger partial charge is 0.317 e. The standard InChI is InChI=1S/C23H29FN2O4/c1-26(2)22(27)25-15-17-4-6-18(7-5-17)16-30-21-13-19(12-20(24)14-21)23(28-3)8-10-29-11-9-23/h4-7,12-14H,8-11,15-16H2,1-3H3,(H,25,27). The third-order valence-electron chi connectivity index (χ3n) is 5.37. The quantitative estimate of drug-likeness (QED) is 0.745. The highest BCUT2D eigenvalue weighted by Gasteiger charge is 2.35. The van der Waals surface area contributed by atoms with Crippen LogP contribution in [0.15, 0.2) is 42.5 Å². The van der Waals surface area contributed by atoms with Crippen molar-refractivity contribution >= 4 is 6.03 Å². The normalized spacial score (nSPS) is 15.5. The van der Waals surface area contributed by atoms with E-state index in [0.29, 0.717) is 45.0 Å². The fourth-order valence-corrected chi connectivity index (χ4v) is 3.48. The van der Waals surface area contributed by atoms with E-state index in [-0.39, 0.29) is 11.8 Å². The number of methoxy groups -OCH3 is 1. The van der Waals surface area contributed by atoms with Crippen LogP contribution in [-0.2, 0) is 28.2 Å². The van der Waals surface area contributed by atoms with Gasteiger partial charge in [0.1, 0.15) is 18.2 Å². The van der Waals surface area contributed by atoms with Crippen molar-refractivity contribution in [1.82, 2.24) is 10.2 Å². The zero-order valence-corrected chi connectivity index (χ0v) is 17.7. The lowest BCUT2D eigenvalue weighted by Crippen LogP contribution is -2.35. The molecule has 6 nitrogen and oxygen atoms in total. The fourth-order valence-electron chi connectivity index (χ4n) is 3.48. The van der Waals surface area contributed by atoms with Gasteiger partial charge in [-0.05, 0) is 28.8 Å². The molecule has 0 atom stereocenters. The zero-order chi connectivity index (χ0) is 21.6. The molecule has 3 rings (SSSR count). The molecule has 0 saturated carbocycles. The van der Waals surface area contributed by atoms with Gasteiger partial charge in [-0.25, -0.2) is 9.18 Å². The van der Waals surface area contributed by atoms with E-state index in [4.69, 9.17) is 14.2 Å². The Balaban J connectivity index is 1.63. The second-order valence-corrected chi connectivity index (χ2v) is 7.64. The number of hydrogen-bond acceptors (Lipinski definition) is 4. The summed E-state index contributed by atoms with van der Waals surface area (Å²) in [4.78, 5) is 13.1. The van der Waals surface area contributed by atoms with Crippen LogP contribution < -0.4 is 10.1 Å². The predicted octanol–water partition coefficient (Wildman–Crippen LogP) is 3.83. The van der Waals surface area contributed by atoms with E-state index in [1.807, 2.05) is 30.3 Å². The fraction of sp³-hybridized carbons (Fsp3) is 0.435. The van der Waals surface area contributed by atoms with E-state index in [2.05, 4.69) is 5.32 Å². The van der Waals surface area contributed by atoms with Crippen LogP contribution in [-0.4, -0.2) is 45.3 Å². The number of carbonyl (C=O) groups excluding carboxylic acids is 1. The van der Waals surface area contributed by atoms with Crippen molar-refractivity contribution in [2.75, 3.05) is 34.4 Å². The first-order valence-corrected chi connectivity index (χ1v) is 10.0. The average molecular weight is 416 g/mol. The van der Waals surface area contributed by atoms with Gasteiger partial charge < -0.3 is 24.4 Å². The highest BCUT2D eigenvalue weighted by Crippen LogP contribution is 2.37. The first-order chi connectivity index (χ1) is 14.4. The summed E-state index contributed by atoms with van der Waals surface area (Å²) in [5, 5.41) is 2.82. The summed E-state index contributed by atoms with van der Waals surface area (Å²) in [5.41, 5.74) is 2.17. The second-order valence-electron chi connectivity index (χ2n) is 7.64. The molecule has 162 valence electrons. The Bertz CT molecular complexity index is 849. The molecule has 0 aromatic heterocycles. The molecule has 0 bridgehead atoms. The van der Waals surface area contributed by atoms with Crippen molar-refractivity contribution in [1.29, 1.82) is 0 Å². The van der Waals surface area contributed by atoms with Crippen LogP contribution in [0.1, 0.15) is 29.5 Å². The first kappa shape index (κ1) is 22.1. The molecule has 0 aliphatic carbocycles. The van der Waals surface area contributed by atoms with Crippen molar-refractivity contribution in [3.8, 4) is 5.75 Å². The lowest BCUT2D eigenvalue weighted by Gasteiger charge is -2.36. The Labute approximate surface area is 176 Å². The summed E-state index contributed by atoms with van der Waals surface area (Å²) >= 11 is 0. The van der Waals surface area contributed by atoms with Crippen LogP contribution >= 0.6 is 0 Å². The minimum Gasteiger partial charge on any atom is -0.489 e. The number of carbonyl (C=O) groups is 1. The molecule has 0 spiro atoms. The van der Waals surface area contributed by atoms with E-state index in [9.17, 15) is 9.18 Å². The van der Waals surface area contributed by atoms with Crippen LogP contribution in [0.4, 0.5) is 9.18 Å². The zero-order valence-electron chi connectivity index (χ0n) is 17.7. The van der Waals surface area contributed by atoms with Crippen LogP contribution in [0, 0.1) is 5.82 Å². The summed E-state index contributed by atoms with van der Waals surface area (Å²) in [5.74, 6) is 0.118. The summed E-state index contributed by atoms with van der Waals surface area (Å²) in [7, 11) is 5.05. The predicted molar refractivity (Wildman–Crippen MR) is 112 cm³/mol. The Morgan fingerprint density at radius 3 is 2.43 bits per heavy atom. The number of hydrogen-bond donors (Lipinski definition) is 1. The van der Waals surface area contributed by atoms with E-state index < -0.39 is 5.60 Å². The molecule has 2 aromatic carbocycles. The molecule has 30 heavy (non-hydrogen) atoms. The topological polar surface area (TPSA) is 60.0 Å². The van der Waals surface area contributed by atoms with Gasteiger partial charge in [0.15, 0.2) is 0 Å². The highest BCUT2D eigenvalue weighted by molar-refractivity contribution is 5.73. The van der Waals surface area contributed by atoms with E-state index >= 15 is 0 Å². The van der Waals surface area contributed by atoms with Gasteiger partial charge in [-0.2, -0.15) is 0 Å². The Hall–Kier alpha value is -2.64. The number of amides is 2. The summed E-state index contributed by atoms with van der Waals surface area (Å²) in [6, 6.07) is 12.4. The second kappa shape index (κ2) is 9.91. The van der Waals surface area contributed by atoms with Crippen molar-refractivity contribution in [3.63, 3.8) is 0 Å². The lowest BCUT2D eigenvalue weighted by atomic mass is 9.86. The van der Waals surface area contributed by atoms with Gasteiger partial charge >= 0.3 is 6.03 Å².